The molecule has 0 aliphatic carbocycles. The molecule has 0 bridgehead atoms. The molecular weight excluding hydrogens is 174 g/mol. The highest BCUT2D eigenvalue weighted by atomic mass is 32.2. The highest BCUT2D eigenvalue weighted by Gasteiger charge is 2.05. The van der Waals surface area contributed by atoms with Crippen LogP contribution in [0.3, 0.4) is 0 Å². The van der Waals surface area contributed by atoms with Crippen molar-refractivity contribution in [1.29, 1.82) is 0 Å². The van der Waals surface area contributed by atoms with Crippen LogP contribution < -0.4 is 5.73 Å². The third-order valence-electron chi connectivity index (χ3n) is 1.37. The van der Waals surface area contributed by atoms with E-state index in [1.54, 1.807) is 6.08 Å². The SMILES string of the molecule is CC(C)C[C@H]([NH3+])/C=C/S(C)(=O)=O. The molecule has 3 nitrogen and oxygen atoms in total. The number of rotatable bonds is 4. The van der Waals surface area contributed by atoms with Crippen LogP contribution in [-0.2, 0) is 9.84 Å². The van der Waals surface area contributed by atoms with Crippen LogP contribution >= 0.6 is 0 Å². The number of sulfone groups is 1. The van der Waals surface area contributed by atoms with Crippen LogP contribution in [-0.4, -0.2) is 20.7 Å². The zero-order chi connectivity index (χ0) is 9.78. The van der Waals surface area contributed by atoms with Crippen molar-refractivity contribution in [3.05, 3.63) is 11.5 Å². The Morgan fingerprint density at radius 2 is 1.92 bits per heavy atom. The molecule has 0 rings (SSSR count). The van der Waals surface area contributed by atoms with Crippen molar-refractivity contribution in [2.45, 2.75) is 26.3 Å². The minimum Gasteiger partial charge on any atom is -0.352 e. The van der Waals surface area contributed by atoms with E-state index in [1.807, 2.05) is 0 Å². The van der Waals surface area contributed by atoms with Crippen LogP contribution in [0.25, 0.3) is 0 Å². The lowest BCUT2D eigenvalue weighted by Gasteiger charge is -2.05. The van der Waals surface area contributed by atoms with E-state index >= 15 is 0 Å². The molecular formula is C8H18NO2S+. The summed E-state index contributed by atoms with van der Waals surface area (Å²) in [6, 6.07) is 0.0970. The zero-order valence-electron chi connectivity index (χ0n) is 7.95. The maximum atomic E-state index is 10.7. The second-order valence-corrected chi connectivity index (χ2v) is 5.48. The molecule has 1 atom stereocenters. The Hall–Kier alpha value is -0.350. The molecule has 0 aromatic rings. The Labute approximate surface area is 74.6 Å². The van der Waals surface area contributed by atoms with Gasteiger partial charge in [0.15, 0.2) is 9.84 Å². The van der Waals surface area contributed by atoms with Crippen molar-refractivity contribution < 1.29 is 14.2 Å². The molecule has 0 aliphatic heterocycles. The fourth-order valence-corrected chi connectivity index (χ4v) is 1.45. The number of quaternary nitrogens is 1. The summed E-state index contributed by atoms with van der Waals surface area (Å²) >= 11 is 0. The largest absolute Gasteiger partial charge is 0.352 e. The molecule has 0 aliphatic rings. The molecule has 0 saturated carbocycles. The van der Waals surface area contributed by atoms with E-state index in [1.165, 1.54) is 11.7 Å². The summed E-state index contributed by atoms with van der Waals surface area (Å²) in [7, 11) is -2.98. The van der Waals surface area contributed by atoms with Crippen LogP contribution in [0, 0.1) is 5.92 Å². The maximum Gasteiger partial charge on any atom is 0.168 e. The lowest BCUT2D eigenvalue weighted by atomic mass is 10.1. The Bertz CT molecular complexity index is 242. The Balaban J connectivity index is 4.01. The van der Waals surface area contributed by atoms with Gasteiger partial charge in [-0.15, -0.1) is 0 Å². The fourth-order valence-electron chi connectivity index (χ4n) is 0.938. The molecule has 0 heterocycles. The van der Waals surface area contributed by atoms with Crippen molar-refractivity contribution in [1.82, 2.24) is 0 Å². The van der Waals surface area contributed by atoms with Gasteiger partial charge in [0.2, 0.25) is 0 Å². The summed E-state index contributed by atoms with van der Waals surface area (Å²) in [5.74, 6) is 0.553. The predicted molar refractivity (Wildman–Crippen MR) is 50.1 cm³/mol. The van der Waals surface area contributed by atoms with E-state index in [9.17, 15) is 8.42 Å². The maximum absolute atomic E-state index is 10.7. The van der Waals surface area contributed by atoms with Gasteiger partial charge in [0.05, 0.1) is 0 Å². The van der Waals surface area contributed by atoms with E-state index in [0.29, 0.717) is 5.92 Å². The van der Waals surface area contributed by atoms with Crippen molar-refractivity contribution in [3.63, 3.8) is 0 Å². The van der Waals surface area contributed by atoms with Crippen LogP contribution in [0.2, 0.25) is 0 Å². The quantitative estimate of drug-likeness (QED) is 0.691. The first-order chi connectivity index (χ1) is 5.31. The molecule has 72 valence electrons. The summed E-state index contributed by atoms with van der Waals surface area (Å²) in [5, 5.41) is 1.23. The van der Waals surface area contributed by atoms with Gasteiger partial charge in [0.1, 0.15) is 6.04 Å². The van der Waals surface area contributed by atoms with Crippen LogP contribution in [0.1, 0.15) is 20.3 Å². The summed E-state index contributed by atoms with van der Waals surface area (Å²) < 4.78 is 21.4. The zero-order valence-corrected chi connectivity index (χ0v) is 8.76. The third-order valence-corrected chi connectivity index (χ3v) is 2.02. The third kappa shape index (κ3) is 7.75. The Morgan fingerprint density at radius 1 is 1.42 bits per heavy atom. The topological polar surface area (TPSA) is 61.8 Å². The van der Waals surface area contributed by atoms with E-state index in [-0.39, 0.29) is 6.04 Å². The van der Waals surface area contributed by atoms with Gasteiger partial charge in [-0.2, -0.15) is 0 Å². The molecule has 0 unspecified atom stereocenters. The van der Waals surface area contributed by atoms with E-state index < -0.39 is 9.84 Å². The summed E-state index contributed by atoms with van der Waals surface area (Å²) in [6.45, 7) is 4.18. The van der Waals surface area contributed by atoms with Crippen LogP contribution in [0.4, 0.5) is 0 Å². The molecule has 12 heavy (non-hydrogen) atoms. The molecule has 0 fully saturated rings. The van der Waals surface area contributed by atoms with E-state index in [4.69, 9.17) is 0 Å². The molecule has 4 heteroatoms. The summed E-state index contributed by atoms with van der Waals surface area (Å²) in [4.78, 5) is 0. The Kier molecular flexibility index (Phi) is 4.49. The molecule has 0 aromatic carbocycles. The van der Waals surface area contributed by atoms with Gasteiger partial charge < -0.3 is 5.73 Å². The molecule has 0 amide bonds. The van der Waals surface area contributed by atoms with Crippen molar-refractivity contribution >= 4 is 9.84 Å². The molecule has 0 saturated heterocycles. The highest BCUT2D eigenvalue weighted by molar-refractivity contribution is 7.93. The first-order valence-corrected chi connectivity index (χ1v) is 5.98. The molecule has 0 radical (unpaired) electrons. The van der Waals surface area contributed by atoms with Gasteiger partial charge in [-0.05, 0) is 12.0 Å². The van der Waals surface area contributed by atoms with E-state index in [2.05, 4.69) is 19.6 Å². The van der Waals surface area contributed by atoms with Crippen LogP contribution in [0.15, 0.2) is 11.5 Å². The van der Waals surface area contributed by atoms with Gasteiger partial charge in [0, 0.05) is 18.1 Å². The van der Waals surface area contributed by atoms with Crippen molar-refractivity contribution in [2.24, 2.45) is 5.92 Å². The monoisotopic (exact) mass is 192 g/mol. The fraction of sp³-hybridized carbons (Fsp3) is 0.750. The Morgan fingerprint density at radius 3 is 2.25 bits per heavy atom. The predicted octanol–water partition coefficient (Wildman–Crippen LogP) is 0.201. The molecule has 3 N–H and O–H groups in total. The summed E-state index contributed by atoms with van der Waals surface area (Å²) in [5.41, 5.74) is 3.83. The van der Waals surface area contributed by atoms with Crippen molar-refractivity contribution in [3.8, 4) is 0 Å². The minimum absolute atomic E-state index is 0.0970. The lowest BCUT2D eigenvalue weighted by molar-refractivity contribution is -0.405. The first-order valence-electron chi connectivity index (χ1n) is 4.02. The number of hydrogen-bond donors (Lipinski definition) is 1. The molecule has 0 spiro atoms. The standard InChI is InChI=1S/C8H17NO2S/c1-7(2)6-8(9)4-5-12(3,10)11/h4-5,7-8H,6,9H2,1-3H3/p+1/b5-4+/t8-/m1/s1. The number of hydrogen-bond acceptors (Lipinski definition) is 2. The normalized spacial score (nSPS) is 15.8. The average Bonchev–Trinajstić information content (AvgIpc) is 1.80. The highest BCUT2D eigenvalue weighted by Crippen LogP contribution is 2.02. The van der Waals surface area contributed by atoms with Gasteiger partial charge in [0.25, 0.3) is 0 Å². The molecule has 0 aromatic heterocycles. The smallest absolute Gasteiger partial charge is 0.168 e. The second-order valence-electron chi connectivity index (χ2n) is 3.55. The lowest BCUT2D eigenvalue weighted by Crippen LogP contribution is -2.60. The van der Waals surface area contributed by atoms with Gasteiger partial charge >= 0.3 is 0 Å². The second kappa shape index (κ2) is 4.62. The first kappa shape index (κ1) is 11.6. The van der Waals surface area contributed by atoms with Gasteiger partial charge in [-0.1, -0.05) is 13.8 Å². The minimum atomic E-state index is -2.98. The van der Waals surface area contributed by atoms with E-state index in [0.717, 1.165) is 6.42 Å². The average molecular weight is 192 g/mol. The van der Waals surface area contributed by atoms with Crippen molar-refractivity contribution in [2.75, 3.05) is 6.26 Å². The van der Waals surface area contributed by atoms with Gasteiger partial charge in [-0.25, -0.2) is 8.42 Å². The summed E-state index contributed by atoms with van der Waals surface area (Å²) in [6.07, 6.45) is 3.76. The van der Waals surface area contributed by atoms with Crippen LogP contribution in [0.5, 0.6) is 0 Å². The van der Waals surface area contributed by atoms with Gasteiger partial charge in [-0.3, -0.25) is 0 Å².